The van der Waals surface area contributed by atoms with E-state index in [1.165, 1.54) is 0 Å². The number of carbonyl (C=O) groups excluding carboxylic acids is 2. The van der Waals surface area contributed by atoms with E-state index in [9.17, 15) is 9.59 Å². The molecule has 0 spiro atoms. The highest BCUT2D eigenvalue weighted by Gasteiger charge is 2.24. The number of hydrogen-bond donors (Lipinski definition) is 0. The summed E-state index contributed by atoms with van der Waals surface area (Å²) in [4.78, 5) is 30.2. The van der Waals surface area contributed by atoms with Gasteiger partial charge in [-0.15, -0.1) is 0 Å². The van der Waals surface area contributed by atoms with Crippen LogP contribution in [0.3, 0.4) is 0 Å². The summed E-state index contributed by atoms with van der Waals surface area (Å²) in [5.74, 6) is 0.867. The number of hydrogen-bond acceptors (Lipinski definition) is 5. The first-order chi connectivity index (χ1) is 19.0. The van der Waals surface area contributed by atoms with Crippen molar-refractivity contribution in [1.29, 1.82) is 0 Å². The van der Waals surface area contributed by atoms with Crippen LogP contribution in [-0.4, -0.2) is 49.4 Å². The second-order valence-corrected chi connectivity index (χ2v) is 10.3. The average molecular weight is 529 g/mol. The molecule has 0 unspecified atom stereocenters. The monoisotopic (exact) mass is 528 g/mol. The number of anilines is 1. The maximum atomic E-state index is 13.7. The van der Waals surface area contributed by atoms with E-state index in [4.69, 9.17) is 4.42 Å². The molecule has 9 nitrogen and oxygen atoms in total. The van der Waals surface area contributed by atoms with Crippen molar-refractivity contribution in [2.75, 3.05) is 18.0 Å². The van der Waals surface area contributed by atoms with Crippen molar-refractivity contribution in [3.63, 3.8) is 0 Å². The summed E-state index contributed by atoms with van der Waals surface area (Å²) >= 11 is 0. The molecule has 0 saturated heterocycles. The number of benzene rings is 1. The Labute approximate surface area is 229 Å². The fourth-order valence-electron chi connectivity index (χ4n) is 5.13. The van der Waals surface area contributed by atoms with Crippen LogP contribution >= 0.6 is 0 Å². The number of furan rings is 1. The van der Waals surface area contributed by atoms with Crippen molar-refractivity contribution in [2.45, 2.75) is 65.6 Å². The minimum Gasteiger partial charge on any atom is -0.454 e. The molecule has 204 valence electrons. The SMILES string of the molecule is CC(=O)N1CCCCCCCN(C(=O)c2ccc(Cn3cc(C)cn3)o2)Cc2ccc(Cn3cccn3)cc21. The molecule has 1 aliphatic heterocycles. The highest BCUT2D eigenvalue weighted by molar-refractivity contribution is 5.93. The number of aromatic nitrogens is 4. The van der Waals surface area contributed by atoms with Gasteiger partial charge in [0.25, 0.3) is 5.91 Å². The molecular formula is C30H36N6O3. The molecule has 9 heteroatoms. The molecule has 1 aliphatic rings. The van der Waals surface area contributed by atoms with E-state index in [-0.39, 0.29) is 11.8 Å². The third-order valence-corrected chi connectivity index (χ3v) is 7.14. The predicted octanol–water partition coefficient (Wildman–Crippen LogP) is 5.04. The van der Waals surface area contributed by atoms with Crippen LogP contribution in [0.5, 0.6) is 0 Å². The lowest BCUT2D eigenvalue weighted by atomic mass is 10.0. The predicted molar refractivity (Wildman–Crippen MR) is 148 cm³/mol. The Bertz CT molecular complexity index is 1400. The maximum absolute atomic E-state index is 13.7. The van der Waals surface area contributed by atoms with E-state index >= 15 is 0 Å². The Morgan fingerprint density at radius 1 is 0.949 bits per heavy atom. The van der Waals surface area contributed by atoms with Gasteiger partial charge in [0.2, 0.25) is 5.91 Å². The molecule has 0 aliphatic carbocycles. The fourth-order valence-corrected chi connectivity index (χ4v) is 5.13. The minimum absolute atomic E-state index is 0.00644. The van der Waals surface area contributed by atoms with Crippen molar-refractivity contribution < 1.29 is 14.0 Å². The number of carbonyl (C=O) groups is 2. The van der Waals surface area contributed by atoms with Gasteiger partial charge in [-0.2, -0.15) is 10.2 Å². The summed E-state index contributed by atoms with van der Waals surface area (Å²) in [7, 11) is 0. The summed E-state index contributed by atoms with van der Waals surface area (Å²) in [5.41, 5.74) is 3.93. The van der Waals surface area contributed by atoms with Crippen LogP contribution in [0, 0.1) is 6.92 Å². The van der Waals surface area contributed by atoms with Crippen LogP contribution in [0.2, 0.25) is 0 Å². The van der Waals surface area contributed by atoms with Crippen molar-refractivity contribution in [1.82, 2.24) is 24.5 Å². The van der Waals surface area contributed by atoms with E-state index in [2.05, 4.69) is 22.3 Å². The van der Waals surface area contributed by atoms with Gasteiger partial charge in [0.05, 0.1) is 19.3 Å². The van der Waals surface area contributed by atoms with Gasteiger partial charge in [-0.1, -0.05) is 31.4 Å². The van der Waals surface area contributed by atoms with Crippen LogP contribution in [0.4, 0.5) is 5.69 Å². The highest BCUT2D eigenvalue weighted by Crippen LogP contribution is 2.27. The van der Waals surface area contributed by atoms with Gasteiger partial charge in [0, 0.05) is 50.8 Å². The van der Waals surface area contributed by atoms with Gasteiger partial charge in [-0.05, 0) is 60.7 Å². The van der Waals surface area contributed by atoms with Crippen LogP contribution < -0.4 is 4.90 Å². The first-order valence-electron chi connectivity index (χ1n) is 13.7. The number of rotatable bonds is 5. The van der Waals surface area contributed by atoms with Crippen LogP contribution in [-0.2, 0) is 24.4 Å². The maximum Gasteiger partial charge on any atom is 0.289 e. The first kappa shape index (κ1) is 26.5. The van der Waals surface area contributed by atoms with Gasteiger partial charge in [0.1, 0.15) is 5.76 Å². The summed E-state index contributed by atoms with van der Waals surface area (Å²) < 4.78 is 9.65. The Kier molecular flexibility index (Phi) is 8.24. The van der Waals surface area contributed by atoms with E-state index < -0.39 is 0 Å². The summed E-state index contributed by atoms with van der Waals surface area (Å²) in [6.45, 7) is 6.37. The molecule has 0 N–H and O–H groups in total. The Morgan fingerprint density at radius 2 is 1.77 bits per heavy atom. The lowest BCUT2D eigenvalue weighted by Gasteiger charge is -2.29. The molecule has 0 atom stereocenters. The molecule has 5 rings (SSSR count). The number of amides is 2. The Morgan fingerprint density at radius 3 is 2.51 bits per heavy atom. The highest BCUT2D eigenvalue weighted by atomic mass is 16.4. The summed E-state index contributed by atoms with van der Waals surface area (Å²) in [5, 5.41) is 8.64. The second-order valence-electron chi connectivity index (χ2n) is 10.3. The quantitative estimate of drug-likeness (QED) is 0.362. The van der Waals surface area contributed by atoms with Crippen molar-refractivity contribution >= 4 is 17.5 Å². The minimum atomic E-state index is -0.143. The van der Waals surface area contributed by atoms with Gasteiger partial charge >= 0.3 is 0 Å². The average Bonchev–Trinajstić information content (AvgIpc) is 3.68. The Balaban J connectivity index is 1.43. The second kappa shape index (κ2) is 12.1. The zero-order chi connectivity index (χ0) is 27.2. The van der Waals surface area contributed by atoms with E-state index in [0.717, 1.165) is 54.5 Å². The van der Waals surface area contributed by atoms with Gasteiger partial charge in [-0.25, -0.2) is 0 Å². The van der Waals surface area contributed by atoms with Gasteiger partial charge < -0.3 is 14.2 Å². The number of nitrogens with zero attached hydrogens (tertiary/aromatic N) is 6. The molecule has 2 amide bonds. The molecule has 4 heterocycles. The van der Waals surface area contributed by atoms with Crippen molar-refractivity contribution in [2.24, 2.45) is 0 Å². The Hall–Kier alpha value is -4.14. The van der Waals surface area contributed by atoms with Crippen LogP contribution in [0.25, 0.3) is 0 Å². The topological polar surface area (TPSA) is 89.4 Å². The molecular weight excluding hydrogens is 492 g/mol. The first-order valence-corrected chi connectivity index (χ1v) is 13.7. The van der Waals surface area contributed by atoms with Gasteiger partial charge in [-0.3, -0.25) is 19.0 Å². The molecule has 0 fully saturated rings. The molecule has 4 aromatic rings. The van der Waals surface area contributed by atoms with Crippen molar-refractivity contribution in [3.8, 4) is 0 Å². The zero-order valence-electron chi connectivity index (χ0n) is 22.8. The number of fused-ring (bicyclic) bond motifs is 1. The third-order valence-electron chi connectivity index (χ3n) is 7.14. The normalized spacial score (nSPS) is 14.9. The van der Waals surface area contributed by atoms with Gasteiger partial charge in [0.15, 0.2) is 5.76 Å². The standard InChI is InChI=1S/C30H36N6O3/c1-23-18-32-35(19-23)22-27-11-12-29(39-27)30(38)33-14-6-4-3-5-7-16-36(24(2)37)28-17-25(9-10-26(28)21-33)20-34-15-8-13-31-34/h8-13,15,17-19H,3-7,14,16,20-22H2,1-2H3. The lowest BCUT2D eigenvalue weighted by molar-refractivity contribution is -0.116. The van der Waals surface area contributed by atoms with Crippen molar-refractivity contribution in [3.05, 3.63) is 89.4 Å². The third kappa shape index (κ3) is 6.66. The summed E-state index contributed by atoms with van der Waals surface area (Å²) in [6.07, 6.45) is 12.5. The summed E-state index contributed by atoms with van der Waals surface area (Å²) in [6, 6.07) is 11.7. The smallest absolute Gasteiger partial charge is 0.289 e. The van der Waals surface area contributed by atoms with E-state index in [1.807, 2.05) is 52.0 Å². The van der Waals surface area contributed by atoms with Crippen LogP contribution in [0.15, 0.2) is 65.6 Å². The fraction of sp³-hybridized carbons (Fsp3) is 0.400. The molecule has 39 heavy (non-hydrogen) atoms. The van der Waals surface area contributed by atoms with Crippen LogP contribution in [0.1, 0.15) is 72.0 Å². The molecule has 0 radical (unpaired) electrons. The lowest BCUT2D eigenvalue weighted by Crippen LogP contribution is -2.34. The largest absolute Gasteiger partial charge is 0.454 e. The molecule has 0 saturated carbocycles. The molecule has 3 aromatic heterocycles. The van der Waals surface area contributed by atoms with E-state index in [0.29, 0.717) is 44.2 Å². The number of aryl methyl sites for hydroxylation is 1. The zero-order valence-corrected chi connectivity index (χ0v) is 22.8. The molecule has 1 aromatic carbocycles. The molecule has 0 bridgehead atoms. The van der Waals surface area contributed by atoms with E-state index in [1.54, 1.807) is 30.1 Å².